The second-order valence-electron chi connectivity index (χ2n) is 3.44. The quantitative estimate of drug-likeness (QED) is 0.604. The summed E-state index contributed by atoms with van der Waals surface area (Å²) in [5, 5.41) is 3.33. The highest BCUT2D eigenvalue weighted by atomic mass is 79.9. The van der Waals surface area contributed by atoms with Crippen molar-refractivity contribution >= 4 is 15.9 Å². The molecule has 0 saturated carbocycles. The predicted octanol–water partition coefficient (Wildman–Crippen LogP) is 3.55. The highest BCUT2D eigenvalue weighted by Crippen LogP contribution is 2.16. The number of halogens is 1. The second-order valence-corrected chi connectivity index (χ2v) is 4.29. The van der Waals surface area contributed by atoms with Crippen LogP contribution in [0, 0.1) is 0 Å². The van der Waals surface area contributed by atoms with Crippen molar-refractivity contribution in [2.75, 3.05) is 7.11 Å². The first kappa shape index (κ1) is 13.6. The molecule has 0 heterocycles. The molecule has 82 valence electrons. The summed E-state index contributed by atoms with van der Waals surface area (Å²) < 4.78 is 6.24. The zero-order valence-electron chi connectivity index (χ0n) is 9.65. The average Bonchev–Trinajstić information content (AvgIpc) is 2.12. The standard InChI is InChI=1S/C11H20BrNO/c1-6-10(14-5)7-11(12)9(4)13-8(2)3/h7-8,13H,6H2,1-5H3/b10-7+,11-9-. The zero-order valence-corrected chi connectivity index (χ0v) is 11.2. The van der Waals surface area contributed by atoms with Crippen molar-refractivity contribution in [1.82, 2.24) is 5.32 Å². The summed E-state index contributed by atoms with van der Waals surface area (Å²) in [4.78, 5) is 0. The van der Waals surface area contributed by atoms with Gasteiger partial charge in [0.15, 0.2) is 0 Å². The Balaban J connectivity index is 4.56. The van der Waals surface area contributed by atoms with E-state index in [0.29, 0.717) is 6.04 Å². The third-order valence-corrected chi connectivity index (χ3v) is 2.59. The molecule has 14 heavy (non-hydrogen) atoms. The first-order chi connectivity index (χ1) is 6.51. The predicted molar refractivity (Wildman–Crippen MR) is 65.3 cm³/mol. The van der Waals surface area contributed by atoms with Crippen LogP contribution < -0.4 is 5.32 Å². The van der Waals surface area contributed by atoms with Crippen molar-refractivity contribution in [2.45, 2.75) is 40.2 Å². The highest BCUT2D eigenvalue weighted by Gasteiger charge is 2.00. The maximum Gasteiger partial charge on any atom is 0.0964 e. The SMILES string of the molecule is CC/C(=C\C(Br)=C(/C)NC(C)C)OC. The van der Waals surface area contributed by atoms with E-state index < -0.39 is 0 Å². The van der Waals surface area contributed by atoms with Gasteiger partial charge in [-0.1, -0.05) is 6.92 Å². The van der Waals surface area contributed by atoms with Gasteiger partial charge in [0.25, 0.3) is 0 Å². The fourth-order valence-corrected chi connectivity index (χ4v) is 1.43. The number of allylic oxidation sites excluding steroid dienone is 4. The minimum atomic E-state index is 0.448. The first-order valence-corrected chi connectivity index (χ1v) is 5.68. The van der Waals surface area contributed by atoms with Gasteiger partial charge >= 0.3 is 0 Å². The van der Waals surface area contributed by atoms with Crippen LogP contribution >= 0.6 is 15.9 Å². The molecule has 0 aliphatic heterocycles. The van der Waals surface area contributed by atoms with Crippen molar-refractivity contribution in [3.63, 3.8) is 0 Å². The largest absolute Gasteiger partial charge is 0.501 e. The van der Waals surface area contributed by atoms with E-state index >= 15 is 0 Å². The molecule has 0 radical (unpaired) electrons. The van der Waals surface area contributed by atoms with Gasteiger partial charge in [-0.05, 0) is 42.8 Å². The van der Waals surface area contributed by atoms with Crippen molar-refractivity contribution in [1.29, 1.82) is 0 Å². The number of rotatable bonds is 5. The molecular formula is C11H20BrNO. The Morgan fingerprint density at radius 1 is 1.50 bits per heavy atom. The lowest BCUT2D eigenvalue weighted by Gasteiger charge is -2.11. The van der Waals surface area contributed by atoms with E-state index in [1.165, 1.54) is 0 Å². The Morgan fingerprint density at radius 2 is 2.07 bits per heavy atom. The summed E-state index contributed by atoms with van der Waals surface area (Å²) in [5.74, 6) is 0.974. The van der Waals surface area contributed by atoms with Gasteiger partial charge in [-0.3, -0.25) is 0 Å². The fourth-order valence-electron chi connectivity index (χ4n) is 1.06. The van der Waals surface area contributed by atoms with Gasteiger partial charge in [0.05, 0.1) is 12.9 Å². The van der Waals surface area contributed by atoms with E-state index in [1.807, 2.05) is 13.0 Å². The molecule has 1 N–H and O–H groups in total. The molecule has 0 aromatic heterocycles. The van der Waals surface area contributed by atoms with Crippen LogP contribution in [0.4, 0.5) is 0 Å². The second kappa shape index (κ2) is 6.93. The van der Waals surface area contributed by atoms with Gasteiger partial charge in [-0.25, -0.2) is 0 Å². The molecular weight excluding hydrogens is 242 g/mol. The van der Waals surface area contributed by atoms with Crippen LogP contribution in [0.1, 0.15) is 34.1 Å². The molecule has 2 nitrogen and oxygen atoms in total. The fraction of sp³-hybridized carbons (Fsp3) is 0.636. The lowest BCUT2D eigenvalue weighted by molar-refractivity contribution is 0.280. The molecule has 0 aliphatic carbocycles. The Labute approximate surface area is 95.5 Å². The van der Waals surface area contributed by atoms with Crippen LogP contribution in [0.3, 0.4) is 0 Å². The molecule has 0 saturated heterocycles. The van der Waals surface area contributed by atoms with E-state index in [9.17, 15) is 0 Å². The highest BCUT2D eigenvalue weighted by molar-refractivity contribution is 9.11. The number of methoxy groups -OCH3 is 1. The third-order valence-electron chi connectivity index (χ3n) is 1.76. The summed E-state index contributed by atoms with van der Waals surface area (Å²) in [7, 11) is 1.70. The Kier molecular flexibility index (Phi) is 6.71. The Morgan fingerprint density at radius 3 is 2.43 bits per heavy atom. The van der Waals surface area contributed by atoms with E-state index in [-0.39, 0.29) is 0 Å². The molecule has 0 spiro atoms. The zero-order chi connectivity index (χ0) is 11.1. The van der Waals surface area contributed by atoms with Gasteiger partial charge in [0, 0.05) is 22.6 Å². The molecule has 0 aliphatic rings. The molecule has 3 heteroatoms. The van der Waals surface area contributed by atoms with Crippen molar-refractivity contribution in [2.24, 2.45) is 0 Å². The molecule has 0 rings (SSSR count). The molecule has 0 atom stereocenters. The smallest absolute Gasteiger partial charge is 0.0964 e. The van der Waals surface area contributed by atoms with E-state index in [4.69, 9.17) is 4.74 Å². The summed E-state index contributed by atoms with van der Waals surface area (Å²) in [5.41, 5.74) is 1.13. The van der Waals surface area contributed by atoms with Gasteiger partial charge in [0.2, 0.25) is 0 Å². The summed E-state index contributed by atoms with van der Waals surface area (Å²) >= 11 is 3.51. The van der Waals surface area contributed by atoms with Crippen LogP contribution in [0.2, 0.25) is 0 Å². The molecule has 0 unspecified atom stereocenters. The Bertz CT molecular complexity index is 225. The minimum absolute atomic E-state index is 0.448. The summed E-state index contributed by atoms with van der Waals surface area (Å²) in [6.45, 7) is 8.35. The van der Waals surface area contributed by atoms with Crippen molar-refractivity contribution < 1.29 is 4.74 Å². The first-order valence-electron chi connectivity index (χ1n) is 4.88. The maximum atomic E-state index is 5.19. The maximum absolute atomic E-state index is 5.19. The van der Waals surface area contributed by atoms with E-state index in [0.717, 1.165) is 22.4 Å². The van der Waals surface area contributed by atoms with E-state index in [2.05, 4.69) is 42.0 Å². The van der Waals surface area contributed by atoms with Crippen molar-refractivity contribution in [3.8, 4) is 0 Å². The van der Waals surface area contributed by atoms with Crippen LogP contribution in [-0.4, -0.2) is 13.2 Å². The van der Waals surface area contributed by atoms with Gasteiger partial charge in [0.1, 0.15) is 0 Å². The molecule has 0 bridgehead atoms. The number of hydrogen-bond donors (Lipinski definition) is 1. The minimum Gasteiger partial charge on any atom is -0.501 e. The normalized spacial score (nSPS) is 14.1. The molecule has 0 amide bonds. The number of hydrogen-bond acceptors (Lipinski definition) is 2. The molecule has 0 fully saturated rings. The summed E-state index contributed by atoms with van der Waals surface area (Å²) in [6.07, 6.45) is 2.91. The topological polar surface area (TPSA) is 21.3 Å². The number of nitrogens with one attached hydrogen (secondary N) is 1. The Hall–Kier alpha value is -0.440. The van der Waals surface area contributed by atoms with Crippen LogP contribution in [-0.2, 0) is 4.74 Å². The average molecular weight is 262 g/mol. The third kappa shape index (κ3) is 5.32. The van der Waals surface area contributed by atoms with Crippen LogP contribution in [0.25, 0.3) is 0 Å². The molecule has 0 aromatic rings. The van der Waals surface area contributed by atoms with E-state index in [1.54, 1.807) is 7.11 Å². The van der Waals surface area contributed by atoms with Gasteiger partial charge in [-0.15, -0.1) is 0 Å². The lowest BCUT2D eigenvalue weighted by atomic mass is 10.3. The number of ether oxygens (including phenoxy) is 1. The summed E-state index contributed by atoms with van der Waals surface area (Å²) in [6, 6.07) is 0.448. The monoisotopic (exact) mass is 261 g/mol. The van der Waals surface area contributed by atoms with Gasteiger partial charge < -0.3 is 10.1 Å². The van der Waals surface area contributed by atoms with Crippen LogP contribution in [0.15, 0.2) is 22.0 Å². The van der Waals surface area contributed by atoms with Crippen molar-refractivity contribution in [3.05, 3.63) is 22.0 Å². The van der Waals surface area contributed by atoms with Gasteiger partial charge in [-0.2, -0.15) is 0 Å². The lowest BCUT2D eigenvalue weighted by Crippen LogP contribution is -2.20. The van der Waals surface area contributed by atoms with Crippen LogP contribution in [0.5, 0.6) is 0 Å². The molecule has 0 aromatic carbocycles.